The van der Waals surface area contributed by atoms with E-state index in [-0.39, 0.29) is 5.78 Å². The van der Waals surface area contributed by atoms with Gasteiger partial charge in [-0.15, -0.1) is 0 Å². The topological polar surface area (TPSA) is 57.9 Å². The first-order valence-corrected chi connectivity index (χ1v) is 5.16. The average Bonchev–Trinajstić information content (AvgIpc) is 2.26. The summed E-state index contributed by atoms with van der Waals surface area (Å²) in [6.07, 6.45) is 0.646. The Kier molecular flexibility index (Phi) is 3.75. The fourth-order valence-electron chi connectivity index (χ4n) is 1.27. The maximum atomic E-state index is 11.2. The molecule has 15 heavy (non-hydrogen) atoms. The third kappa shape index (κ3) is 2.31. The van der Waals surface area contributed by atoms with Crippen LogP contribution in [0.25, 0.3) is 0 Å². The van der Waals surface area contributed by atoms with Crippen molar-refractivity contribution in [3.63, 3.8) is 0 Å². The van der Waals surface area contributed by atoms with Gasteiger partial charge in [0.1, 0.15) is 12.1 Å². The first-order valence-electron chi connectivity index (χ1n) is 4.24. The standard InChI is InChI=1S/C11H8BrNO2/c1-7(15)11(12)10-8(5-13)3-2-4-9(10)6-14/h2-4,6,11H,1H3. The molecule has 1 aromatic carbocycles. The summed E-state index contributed by atoms with van der Waals surface area (Å²) in [4.78, 5) is 21.4. The molecular weight excluding hydrogens is 258 g/mol. The van der Waals surface area contributed by atoms with Crippen LogP contribution < -0.4 is 0 Å². The molecule has 3 nitrogen and oxygen atoms in total. The molecule has 0 radical (unpaired) electrons. The molecule has 0 heterocycles. The van der Waals surface area contributed by atoms with Crippen molar-refractivity contribution in [2.45, 2.75) is 11.8 Å². The molecule has 0 aliphatic rings. The van der Waals surface area contributed by atoms with Gasteiger partial charge in [0, 0.05) is 11.1 Å². The number of ketones is 1. The van der Waals surface area contributed by atoms with Gasteiger partial charge in [-0.05, 0) is 13.0 Å². The van der Waals surface area contributed by atoms with Gasteiger partial charge >= 0.3 is 0 Å². The number of halogens is 1. The molecule has 0 N–H and O–H groups in total. The molecule has 1 aromatic rings. The smallest absolute Gasteiger partial charge is 0.150 e. The van der Waals surface area contributed by atoms with E-state index in [9.17, 15) is 9.59 Å². The minimum absolute atomic E-state index is 0.138. The number of alkyl halides is 1. The number of Topliss-reactive ketones (excluding diaryl/α,β-unsaturated/α-hetero) is 1. The van der Waals surface area contributed by atoms with Gasteiger partial charge in [0.15, 0.2) is 0 Å². The van der Waals surface area contributed by atoms with Gasteiger partial charge in [-0.1, -0.05) is 28.1 Å². The van der Waals surface area contributed by atoms with Crippen LogP contribution in [0.1, 0.15) is 33.2 Å². The van der Waals surface area contributed by atoms with Crippen molar-refractivity contribution in [2.24, 2.45) is 0 Å². The Morgan fingerprint density at radius 3 is 2.73 bits per heavy atom. The Balaban J connectivity index is 3.42. The van der Waals surface area contributed by atoms with Gasteiger partial charge < -0.3 is 0 Å². The number of aldehydes is 1. The molecular formula is C11H8BrNO2. The normalized spacial score (nSPS) is 11.5. The second kappa shape index (κ2) is 4.85. The largest absolute Gasteiger partial charge is 0.298 e. The molecule has 0 aromatic heterocycles. The monoisotopic (exact) mass is 265 g/mol. The maximum Gasteiger partial charge on any atom is 0.150 e. The lowest BCUT2D eigenvalue weighted by molar-refractivity contribution is -0.116. The highest BCUT2D eigenvalue weighted by molar-refractivity contribution is 9.09. The first kappa shape index (κ1) is 11.6. The van der Waals surface area contributed by atoms with Gasteiger partial charge in [0.25, 0.3) is 0 Å². The summed E-state index contributed by atoms with van der Waals surface area (Å²) in [6.45, 7) is 1.40. The number of benzene rings is 1. The summed E-state index contributed by atoms with van der Waals surface area (Å²) >= 11 is 3.17. The highest BCUT2D eigenvalue weighted by Crippen LogP contribution is 2.29. The third-order valence-electron chi connectivity index (χ3n) is 2.00. The SMILES string of the molecule is CC(=O)C(Br)c1c(C#N)cccc1C=O. The molecule has 0 saturated carbocycles. The van der Waals surface area contributed by atoms with Gasteiger partial charge in [0.05, 0.1) is 16.5 Å². The van der Waals surface area contributed by atoms with E-state index in [4.69, 9.17) is 5.26 Å². The van der Waals surface area contributed by atoms with Crippen LogP contribution in [0.2, 0.25) is 0 Å². The molecule has 76 valence electrons. The van der Waals surface area contributed by atoms with Crippen molar-refractivity contribution < 1.29 is 9.59 Å². The molecule has 4 heteroatoms. The Morgan fingerprint density at radius 2 is 2.27 bits per heavy atom. The highest BCUT2D eigenvalue weighted by atomic mass is 79.9. The summed E-state index contributed by atoms with van der Waals surface area (Å²) in [5.74, 6) is -0.138. The minimum atomic E-state index is -0.603. The van der Waals surface area contributed by atoms with Gasteiger partial charge in [-0.2, -0.15) is 5.26 Å². The number of nitrogens with zero attached hydrogens (tertiary/aromatic N) is 1. The van der Waals surface area contributed by atoms with Crippen LogP contribution in [0.5, 0.6) is 0 Å². The van der Waals surface area contributed by atoms with Crippen molar-refractivity contribution in [1.29, 1.82) is 5.26 Å². The average molecular weight is 266 g/mol. The second-order valence-corrected chi connectivity index (χ2v) is 3.93. The van der Waals surface area contributed by atoms with Crippen LogP contribution in [0.15, 0.2) is 18.2 Å². The fourth-order valence-corrected chi connectivity index (χ4v) is 1.78. The zero-order valence-corrected chi connectivity index (χ0v) is 9.61. The number of carbonyl (C=O) groups excluding carboxylic acids is 2. The molecule has 0 spiro atoms. The molecule has 0 amide bonds. The van der Waals surface area contributed by atoms with Crippen molar-refractivity contribution in [2.75, 3.05) is 0 Å². The first-order chi connectivity index (χ1) is 7.11. The van der Waals surface area contributed by atoms with E-state index in [0.29, 0.717) is 23.0 Å². The Labute approximate surface area is 95.8 Å². The van der Waals surface area contributed by atoms with E-state index in [1.54, 1.807) is 18.2 Å². The quantitative estimate of drug-likeness (QED) is 0.623. The summed E-state index contributed by atoms with van der Waals surface area (Å²) < 4.78 is 0. The van der Waals surface area contributed by atoms with E-state index in [1.807, 2.05) is 6.07 Å². The molecule has 1 atom stereocenters. The summed E-state index contributed by atoms with van der Waals surface area (Å²) in [7, 11) is 0. The number of nitriles is 1. The number of carbonyl (C=O) groups is 2. The van der Waals surface area contributed by atoms with Crippen molar-refractivity contribution >= 4 is 28.0 Å². The van der Waals surface area contributed by atoms with Crippen LogP contribution in [-0.2, 0) is 4.79 Å². The third-order valence-corrected chi connectivity index (χ3v) is 3.10. The maximum absolute atomic E-state index is 11.2. The van der Waals surface area contributed by atoms with E-state index in [2.05, 4.69) is 15.9 Å². The fraction of sp³-hybridized carbons (Fsp3) is 0.182. The Hall–Kier alpha value is -1.47. The summed E-state index contributed by atoms with van der Waals surface area (Å²) in [5, 5.41) is 8.87. The molecule has 0 aliphatic carbocycles. The van der Waals surface area contributed by atoms with Crippen molar-refractivity contribution in [3.8, 4) is 6.07 Å². The van der Waals surface area contributed by atoms with E-state index in [1.165, 1.54) is 6.92 Å². The lowest BCUT2D eigenvalue weighted by atomic mass is 9.98. The van der Waals surface area contributed by atoms with Crippen LogP contribution in [0.4, 0.5) is 0 Å². The van der Waals surface area contributed by atoms with Crippen LogP contribution >= 0.6 is 15.9 Å². The van der Waals surface area contributed by atoms with Crippen LogP contribution in [-0.4, -0.2) is 12.1 Å². The Bertz CT molecular complexity index is 448. The van der Waals surface area contributed by atoms with Gasteiger partial charge in [-0.3, -0.25) is 9.59 Å². The zero-order chi connectivity index (χ0) is 11.4. The Morgan fingerprint density at radius 1 is 1.60 bits per heavy atom. The summed E-state index contributed by atoms with van der Waals surface area (Å²) in [6, 6.07) is 6.75. The molecule has 0 aliphatic heterocycles. The van der Waals surface area contributed by atoms with Crippen LogP contribution in [0, 0.1) is 11.3 Å². The minimum Gasteiger partial charge on any atom is -0.298 e. The predicted octanol–water partition coefficient (Wildman–Crippen LogP) is 2.40. The molecule has 1 rings (SSSR count). The van der Waals surface area contributed by atoms with Crippen molar-refractivity contribution in [1.82, 2.24) is 0 Å². The van der Waals surface area contributed by atoms with Crippen LogP contribution in [0.3, 0.4) is 0 Å². The van der Waals surface area contributed by atoms with E-state index < -0.39 is 4.83 Å². The highest BCUT2D eigenvalue weighted by Gasteiger charge is 2.19. The molecule has 0 saturated heterocycles. The second-order valence-electron chi connectivity index (χ2n) is 3.01. The molecule has 0 fully saturated rings. The number of rotatable bonds is 3. The molecule has 0 bridgehead atoms. The number of hydrogen-bond donors (Lipinski definition) is 0. The van der Waals surface area contributed by atoms with Crippen molar-refractivity contribution in [3.05, 3.63) is 34.9 Å². The van der Waals surface area contributed by atoms with E-state index in [0.717, 1.165) is 0 Å². The zero-order valence-electron chi connectivity index (χ0n) is 8.03. The predicted molar refractivity (Wildman–Crippen MR) is 58.9 cm³/mol. The van der Waals surface area contributed by atoms with Gasteiger partial charge in [0.2, 0.25) is 0 Å². The lowest BCUT2D eigenvalue weighted by Crippen LogP contribution is -2.07. The lowest BCUT2D eigenvalue weighted by Gasteiger charge is -2.10. The molecule has 1 unspecified atom stereocenters. The summed E-state index contributed by atoms with van der Waals surface area (Å²) in [5.41, 5.74) is 1.16. The van der Waals surface area contributed by atoms with Gasteiger partial charge in [-0.25, -0.2) is 0 Å². The number of hydrogen-bond acceptors (Lipinski definition) is 3. The van der Waals surface area contributed by atoms with E-state index >= 15 is 0 Å².